The summed E-state index contributed by atoms with van der Waals surface area (Å²) in [7, 11) is 5.54. The minimum absolute atomic E-state index is 0.0418. The Hall–Kier alpha value is -1.67. The van der Waals surface area contributed by atoms with Gasteiger partial charge in [0.2, 0.25) is 0 Å². The number of likely N-dealkylation sites (N-methyl/N-ethyl adjacent to an activating group) is 1. The van der Waals surface area contributed by atoms with E-state index in [0.29, 0.717) is 19.3 Å². The third kappa shape index (κ3) is 37.9. The summed E-state index contributed by atoms with van der Waals surface area (Å²) in [4.78, 5) is 37.0. The Kier molecular flexibility index (Phi) is 38.9. The van der Waals surface area contributed by atoms with E-state index in [1.165, 1.54) is 167 Å². The van der Waals surface area contributed by atoms with Gasteiger partial charge in [0, 0.05) is 19.3 Å². The predicted molar refractivity (Wildman–Crippen MR) is 234 cm³/mol. The number of hydrogen-bond acceptors (Lipinski definition) is 6. The topological polar surface area (TPSA) is 99.1 Å². The standard InChI is InChI=1S/C48H93NO7/c1-6-8-10-12-14-16-18-20-21-22-23-24-25-26-27-29-30-32-34-36-38-46(50)55-43-44(42-54-41-40-45(48(52)53)49(3,4)5)56-47(51)39-37-35-33-31-28-19-17-15-13-11-9-7-2/h44-45H,6-43H2,1-5H3/p+1. The molecule has 0 aromatic heterocycles. The first-order valence-electron chi connectivity index (χ1n) is 24.1. The van der Waals surface area contributed by atoms with E-state index in [1.54, 1.807) is 0 Å². The van der Waals surface area contributed by atoms with Crippen LogP contribution in [0.1, 0.15) is 239 Å². The van der Waals surface area contributed by atoms with Gasteiger partial charge in [-0.25, -0.2) is 4.79 Å². The van der Waals surface area contributed by atoms with Gasteiger partial charge in [0.25, 0.3) is 0 Å². The lowest BCUT2D eigenvalue weighted by Gasteiger charge is -2.31. The van der Waals surface area contributed by atoms with Crippen molar-refractivity contribution in [1.82, 2.24) is 0 Å². The Morgan fingerprint density at radius 1 is 0.464 bits per heavy atom. The van der Waals surface area contributed by atoms with Crippen LogP contribution in [0.4, 0.5) is 0 Å². The van der Waals surface area contributed by atoms with E-state index in [-0.39, 0.29) is 36.2 Å². The lowest BCUT2D eigenvalue weighted by Crippen LogP contribution is -2.50. The Bertz CT molecular complexity index is 889. The molecule has 332 valence electrons. The number of hydrogen-bond donors (Lipinski definition) is 1. The van der Waals surface area contributed by atoms with Crippen molar-refractivity contribution in [3.05, 3.63) is 0 Å². The third-order valence-electron chi connectivity index (χ3n) is 11.3. The number of carbonyl (C=O) groups excluding carboxylic acids is 2. The van der Waals surface area contributed by atoms with Crippen LogP contribution in [-0.4, -0.2) is 80.6 Å². The fourth-order valence-corrected chi connectivity index (χ4v) is 7.51. The molecule has 0 rings (SSSR count). The SMILES string of the molecule is CCCCCCCCCCCCCCCCCCCCCCC(=O)OCC(COCCC(C(=O)O)[N+](C)(C)C)OC(=O)CCCCCCCCCCCCCC. The zero-order chi connectivity index (χ0) is 41.4. The largest absolute Gasteiger partial charge is 0.477 e. The van der Waals surface area contributed by atoms with Gasteiger partial charge in [-0.15, -0.1) is 0 Å². The second kappa shape index (κ2) is 40.1. The average molecular weight is 797 g/mol. The van der Waals surface area contributed by atoms with Gasteiger partial charge in [-0.05, 0) is 12.8 Å². The second-order valence-corrected chi connectivity index (χ2v) is 17.7. The molecule has 0 radical (unpaired) electrons. The summed E-state index contributed by atoms with van der Waals surface area (Å²) < 4.78 is 17.3. The highest BCUT2D eigenvalue weighted by Gasteiger charge is 2.31. The Balaban J connectivity index is 4.18. The van der Waals surface area contributed by atoms with Gasteiger partial charge in [0.1, 0.15) is 6.61 Å². The van der Waals surface area contributed by atoms with E-state index in [1.807, 2.05) is 21.1 Å². The van der Waals surface area contributed by atoms with Crippen LogP contribution in [0, 0.1) is 0 Å². The van der Waals surface area contributed by atoms with E-state index in [0.717, 1.165) is 38.5 Å². The lowest BCUT2D eigenvalue weighted by molar-refractivity contribution is -0.887. The molecule has 0 aromatic carbocycles. The molecule has 2 unspecified atom stereocenters. The van der Waals surface area contributed by atoms with E-state index in [9.17, 15) is 19.5 Å². The van der Waals surface area contributed by atoms with Crippen molar-refractivity contribution in [2.45, 2.75) is 251 Å². The second-order valence-electron chi connectivity index (χ2n) is 17.7. The van der Waals surface area contributed by atoms with Crippen LogP contribution in [0.3, 0.4) is 0 Å². The van der Waals surface area contributed by atoms with Crippen LogP contribution in [0.25, 0.3) is 0 Å². The zero-order valence-corrected chi connectivity index (χ0v) is 37.9. The molecule has 0 fully saturated rings. The summed E-state index contributed by atoms with van der Waals surface area (Å²) in [6, 6.07) is -0.608. The molecule has 0 aliphatic heterocycles. The fourth-order valence-electron chi connectivity index (χ4n) is 7.51. The predicted octanol–water partition coefficient (Wildman–Crippen LogP) is 13.3. The molecular weight excluding hydrogens is 703 g/mol. The summed E-state index contributed by atoms with van der Waals surface area (Å²) >= 11 is 0. The number of ether oxygens (including phenoxy) is 3. The molecule has 0 saturated heterocycles. The van der Waals surface area contributed by atoms with Gasteiger partial charge >= 0.3 is 17.9 Å². The first-order valence-corrected chi connectivity index (χ1v) is 24.1. The molecule has 2 atom stereocenters. The van der Waals surface area contributed by atoms with Crippen LogP contribution in [0.5, 0.6) is 0 Å². The van der Waals surface area contributed by atoms with E-state index in [4.69, 9.17) is 14.2 Å². The van der Waals surface area contributed by atoms with Crippen LogP contribution in [0.2, 0.25) is 0 Å². The number of rotatable bonds is 44. The van der Waals surface area contributed by atoms with Crippen LogP contribution in [-0.2, 0) is 28.6 Å². The van der Waals surface area contributed by atoms with Crippen molar-refractivity contribution in [3.63, 3.8) is 0 Å². The van der Waals surface area contributed by atoms with Crippen LogP contribution < -0.4 is 0 Å². The van der Waals surface area contributed by atoms with Crippen LogP contribution in [0.15, 0.2) is 0 Å². The maximum absolute atomic E-state index is 12.7. The minimum atomic E-state index is -0.870. The minimum Gasteiger partial charge on any atom is -0.477 e. The monoisotopic (exact) mass is 797 g/mol. The average Bonchev–Trinajstić information content (AvgIpc) is 3.15. The van der Waals surface area contributed by atoms with Crippen molar-refractivity contribution >= 4 is 17.9 Å². The maximum Gasteiger partial charge on any atom is 0.362 e. The summed E-state index contributed by atoms with van der Waals surface area (Å²) in [5.41, 5.74) is 0. The van der Waals surface area contributed by atoms with Crippen molar-refractivity contribution in [2.75, 3.05) is 41.0 Å². The Labute approximate surface area is 346 Å². The molecule has 8 heteroatoms. The first kappa shape index (κ1) is 54.3. The Morgan fingerprint density at radius 2 is 0.786 bits per heavy atom. The van der Waals surface area contributed by atoms with Gasteiger partial charge in [-0.2, -0.15) is 0 Å². The molecule has 0 aliphatic rings. The van der Waals surface area contributed by atoms with Crippen molar-refractivity contribution in [3.8, 4) is 0 Å². The number of carboxylic acid groups (broad SMARTS) is 1. The van der Waals surface area contributed by atoms with E-state index in [2.05, 4.69) is 13.8 Å². The summed E-state index contributed by atoms with van der Waals surface area (Å²) in [6.45, 7) is 4.78. The highest BCUT2D eigenvalue weighted by atomic mass is 16.6. The molecule has 1 N–H and O–H groups in total. The van der Waals surface area contributed by atoms with Crippen molar-refractivity contribution in [1.29, 1.82) is 0 Å². The summed E-state index contributed by atoms with van der Waals surface area (Å²) in [5, 5.41) is 9.62. The van der Waals surface area contributed by atoms with Gasteiger partial charge in [-0.3, -0.25) is 9.59 Å². The molecule has 0 aromatic rings. The molecule has 8 nitrogen and oxygen atoms in total. The fraction of sp³-hybridized carbons (Fsp3) is 0.938. The molecule has 0 amide bonds. The van der Waals surface area contributed by atoms with E-state index < -0.39 is 18.1 Å². The maximum atomic E-state index is 12.7. The number of esters is 2. The number of nitrogens with zero attached hydrogens (tertiary/aromatic N) is 1. The highest BCUT2D eigenvalue weighted by molar-refractivity contribution is 5.72. The molecule has 0 saturated carbocycles. The quantitative estimate of drug-likeness (QED) is 0.0372. The highest BCUT2D eigenvalue weighted by Crippen LogP contribution is 2.17. The number of unbranched alkanes of at least 4 members (excludes halogenated alkanes) is 30. The van der Waals surface area contributed by atoms with Gasteiger partial charge < -0.3 is 23.8 Å². The summed E-state index contributed by atoms with van der Waals surface area (Å²) in [5.74, 6) is -1.44. The lowest BCUT2D eigenvalue weighted by atomic mass is 10.0. The van der Waals surface area contributed by atoms with Gasteiger partial charge in [-0.1, -0.05) is 206 Å². The van der Waals surface area contributed by atoms with Crippen molar-refractivity contribution < 1.29 is 38.2 Å². The zero-order valence-electron chi connectivity index (χ0n) is 37.9. The molecule has 56 heavy (non-hydrogen) atoms. The molecular formula is C48H94NO7+. The number of aliphatic carboxylic acids is 1. The number of carboxylic acids is 1. The van der Waals surface area contributed by atoms with Gasteiger partial charge in [0.05, 0.1) is 34.4 Å². The third-order valence-corrected chi connectivity index (χ3v) is 11.3. The Morgan fingerprint density at radius 3 is 1.11 bits per heavy atom. The van der Waals surface area contributed by atoms with E-state index >= 15 is 0 Å². The molecule has 0 spiro atoms. The molecule has 0 bridgehead atoms. The first-order chi connectivity index (χ1) is 27.1. The molecule has 0 aliphatic carbocycles. The smallest absolute Gasteiger partial charge is 0.362 e. The normalized spacial score (nSPS) is 12.8. The van der Waals surface area contributed by atoms with Crippen molar-refractivity contribution in [2.24, 2.45) is 0 Å². The van der Waals surface area contributed by atoms with Crippen LogP contribution >= 0.6 is 0 Å². The summed E-state index contributed by atoms with van der Waals surface area (Å²) in [6.07, 6.45) is 41.5. The van der Waals surface area contributed by atoms with Gasteiger partial charge in [0.15, 0.2) is 12.1 Å². The number of carbonyl (C=O) groups is 3. The number of quaternary nitrogens is 1. The molecule has 0 heterocycles.